The van der Waals surface area contributed by atoms with E-state index in [0.29, 0.717) is 29.0 Å². The monoisotopic (exact) mass is 424 g/mol. The highest BCUT2D eigenvalue weighted by molar-refractivity contribution is 8.45. The van der Waals surface area contributed by atoms with Crippen LogP contribution in [0.25, 0.3) is 22.0 Å². The number of rotatable bonds is 4. The van der Waals surface area contributed by atoms with Gasteiger partial charge in [-0.1, -0.05) is 25.5 Å². The van der Waals surface area contributed by atoms with Crippen LogP contribution in [0.3, 0.4) is 0 Å². The lowest BCUT2D eigenvalue weighted by atomic mass is 10.0. The van der Waals surface area contributed by atoms with Crippen LogP contribution in [0.5, 0.6) is 0 Å². The number of halogens is 5. The molecule has 2 heterocycles. The molecule has 10 heteroatoms. The van der Waals surface area contributed by atoms with Crippen LogP contribution in [-0.4, -0.2) is 15.2 Å². The van der Waals surface area contributed by atoms with Crippen molar-refractivity contribution in [2.24, 2.45) is 0 Å². The molecule has 0 amide bonds. The Labute approximate surface area is 162 Å². The molecule has 0 aliphatic carbocycles. The molecule has 0 saturated heterocycles. The number of aromatic nitrogens is 3. The molecule has 4 aromatic rings. The summed E-state index contributed by atoms with van der Waals surface area (Å²) in [5.74, 6) is 0.369. The minimum atomic E-state index is -9.70. The topological polar surface area (TPSA) is 50.7 Å². The van der Waals surface area contributed by atoms with Crippen LogP contribution in [-0.2, 0) is 0 Å². The lowest BCUT2D eigenvalue weighted by Gasteiger charge is -2.40. The molecule has 2 aromatic carbocycles. The van der Waals surface area contributed by atoms with Crippen LogP contribution < -0.4 is 5.32 Å². The van der Waals surface area contributed by atoms with Crippen molar-refractivity contribution in [2.75, 3.05) is 5.32 Å². The van der Waals surface area contributed by atoms with Crippen molar-refractivity contribution in [2.45, 2.75) is 4.90 Å². The van der Waals surface area contributed by atoms with E-state index in [1.807, 2.05) is 12.1 Å². The number of nitrogens with zero attached hydrogens (tertiary/aromatic N) is 3. The summed E-state index contributed by atoms with van der Waals surface area (Å²) in [7, 11) is -9.70. The minimum Gasteiger partial charge on any atom is -0.340 e. The highest BCUT2D eigenvalue weighted by Gasteiger charge is 2.65. The van der Waals surface area contributed by atoms with Gasteiger partial charge < -0.3 is 5.32 Å². The maximum atomic E-state index is 12.9. The number of anilines is 2. The van der Waals surface area contributed by atoms with Crippen LogP contribution in [0.2, 0.25) is 0 Å². The molecule has 150 valence electrons. The summed E-state index contributed by atoms with van der Waals surface area (Å²) >= 11 is 0. The predicted octanol–water partition coefficient (Wildman–Crippen LogP) is 7.09. The number of pyridine rings is 1. The van der Waals surface area contributed by atoms with Crippen LogP contribution in [0.4, 0.5) is 30.9 Å². The van der Waals surface area contributed by atoms with Gasteiger partial charge in [-0.3, -0.25) is 0 Å². The first-order chi connectivity index (χ1) is 13.5. The van der Waals surface area contributed by atoms with Gasteiger partial charge in [0.15, 0.2) is 0 Å². The van der Waals surface area contributed by atoms with Crippen molar-refractivity contribution >= 4 is 32.6 Å². The first-order valence-corrected chi connectivity index (χ1v) is 10.2. The Morgan fingerprint density at radius 3 is 2.28 bits per heavy atom. The van der Waals surface area contributed by atoms with Crippen LogP contribution in [0.1, 0.15) is 0 Å². The normalized spacial score (nSPS) is 14.2. The molecule has 0 atom stereocenters. The van der Waals surface area contributed by atoms with Crippen molar-refractivity contribution in [3.05, 3.63) is 73.1 Å². The van der Waals surface area contributed by atoms with Crippen molar-refractivity contribution < 1.29 is 19.4 Å². The van der Waals surface area contributed by atoms with Gasteiger partial charge in [-0.15, -0.1) is 0 Å². The van der Waals surface area contributed by atoms with Gasteiger partial charge in [0.05, 0.1) is 11.7 Å². The molecule has 0 spiro atoms. The van der Waals surface area contributed by atoms with Crippen LogP contribution in [0, 0.1) is 0 Å². The summed E-state index contributed by atoms with van der Waals surface area (Å²) in [5.41, 5.74) is 2.39. The molecule has 1 N–H and O–H groups in total. The maximum absolute atomic E-state index is 12.9. The third-order valence-corrected chi connectivity index (χ3v) is 5.36. The molecule has 0 aliphatic heterocycles. The van der Waals surface area contributed by atoms with E-state index in [-0.39, 0.29) is 5.69 Å². The van der Waals surface area contributed by atoms with E-state index in [1.54, 1.807) is 30.5 Å². The van der Waals surface area contributed by atoms with E-state index in [1.165, 1.54) is 6.20 Å². The largest absolute Gasteiger partial charge is 0.340 e. The van der Waals surface area contributed by atoms with E-state index in [9.17, 15) is 19.4 Å². The molecule has 0 saturated carbocycles. The summed E-state index contributed by atoms with van der Waals surface area (Å²) in [6.45, 7) is 0. The standard InChI is InChI=1S/C19H13F5N4S/c20-29(21,22,23,24)16-6-4-15(5-7-16)27-19-17(2-1-10-25-19)13-3-8-18-14(12-13)9-11-26-28-18/h1-12H,(H,25,27). The second kappa shape index (κ2) is 5.86. The van der Waals surface area contributed by atoms with Gasteiger partial charge in [-0.05, 0) is 60.2 Å². The zero-order valence-corrected chi connectivity index (χ0v) is 15.4. The van der Waals surface area contributed by atoms with Gasteiger partial charge in [0.1, 0.15) is 10.7 Å². The number of hydrogen-bond acceptors (Lipinski definition) is 4. The molecule has 0 bridgehead atoms. The van der Waals surface area contributed by atoms with Gasteiger partial charge in [-0.25, -0.2) is 4.98 Å². The number of hydrogen-bond donors (Lipinski definition) is 1. The molecule has 0 aliphatic rings. The molecular weight excluding hydrogens is 411 g/mol. The Balaban J connectivity index is 1.69. The third-order valence-electron chi connectivity index (χ3n) is 4.19. The summed E-state index contributed by atoms with van der Waals surface area (Å²) in [6.07, 6.45) is 3.08. The maximum Gasteiger partial charge on any atom is 0.310 e. The first kappa shape index (κ1) is 19.1. The number of benzene rings is 2. The molecule has 29 heavy (non-hydrogen) atoms. The minimum absolute atomic E-state index is 0.196. The van der Waals surface area contributed by atoms with Crippen LogP contribution >= 0.6 is 10.2 Å². The summed E-state index contributed by atoms with van der Waals surface area (Å²) in [5, 5.41) is 11.6. The zero-order chi connectivity index (χ0) is 20.8. The van der Waals surface area contributed by atoms with E-state index in [4.69, 9.17) is 0 Å². The van der Waals surface area contributed by atoms with Crippen LogP contribution in [0.15, 0.2) is 78.0 Å². The SMILES string of the molecule is FS(F)(F)(F)(F)c1ccc(Nc2ncccc2-c2ccc3nnccc3c2)cc1. The van der Waals surface area contributed by atoms with Gasteiger partial charge in [-0.2, -0.15) is 10.2 Å². The third kappa shape index (κ3) is 4.11. The van der Waals surface area contributed by atoms with Crippen molar-refractivity contribution in [1.29, 1.82) is 0 Å². The fourth-order valence-electron chi connectivity index (χ4n) is 2.83. The summed E-state index contributed by atoms with van der Waals surface area (Å²) < 4.78 is 64.4. The second-order valence-corrected chi connectivity index (χ2v) is 8.73. The zero-order valence-electron chi connectivity index (χ0n) is 14.6. The van der Waals surface area contributed by atoms with Gasteiger partial charge in [0, 0.05) is 22.8 Å². The van der Waals surface area contributed by atoms with Gasteiger partial charge in [0.25, 0.3) is 0 Å². The highest BCUT2D eigenvalue weighted by Crippen LogP contribution is 3.02. The summed E-state index contributed by atoms with van der Waals surface area (Å²) in [4.78, 5) is 2.29. The van der Waals surface area contributed by atoms with E-state index in [2.05, 4.69) is 20.5 Å². The predicted molar refractivity (Wildman–Crippen MR) is 104 cm³/mol. The van der Waals surface area contributed by atoms with Crippen molar-refractivity contribution in [3.63, 3.8) is 0 Å². The van der Waals surface area contributed by atoms with Gasteiger partial charge >= 0.3 is 10.2 Å². The molecule has 0 unspecified atom stereocenters. The Bertz CT molecular complexity index is 1210. The lowest BCUT2D eigenvalue weighted by Crippen LogP contribution is -2.06. The number of fused-ring (bicyclic) bond motifs is 1. The Kier molecular flexibility index (Phi) is 3.86. The van der Waals surface area contributed by atoms with Crippen molar-refractivity contribution in [3.8, 4) is 11.1 Å². The highest BCUT2D eigenvalue weighted by atomic mass is 32.5. The molecule has 0 radical (unpaired) electrons. The summed E-state index contributed by atoms with van der Waals surface area (Å²) in [6, 6.07) is 13.4. The van der Waals surface area contributed by atoms with E-state index >= 15 is 0 Å². The first-order valence-electron chi connectivity index (χ1n) is 8.28. The fourth-order valence-corrected chi connectivity index (χ4v) is 3.48. The molecule has 4 nitrogen and oxygen atoms in total. The van der Waals surface area contributed by atoms with Gasteiger partial charge in [0.2, 0.25) is 0 Å². The second-order valence-electron chi connectivity index (χ2n) is 6.32. The van der Waals surface area contributed by atoms with Crippen molar-refractivity contribution in [1.82, 2.24) is 15.2 Å². The fraction of sp³-hybridized carbons (Fsp3) is 0. The lowest BCUT2D eigenvalue weighted by molar-refractivity contribution is 0.364. The van der Waals surface area contributed by atoms with E-state index in [0.717, 1.165) is 23.1 Å². The molecular formula is C19H13F5N4S. The average Bonchev–Trinajstić information content (AvgIpc) is 2.67. The average molecular weight is 424 g/mol. The molecule has 4 rings (SSSR count). The Morgan fingerprint density at radius 2 is 1.55 bits per heavy atom. The molecule has 2 aromatic heterocycles. The van der Waals surface area contributed by atoms with E-state index < -0.39 is 15.1 Å². The Hall–Kier alpha value is -3.27. The quantitative estimate of drug-likeness (QED) is 0.355. The smallest absolute Gasteiger partial charge is 0.310 e. The molecule has 0 fully saturated rings. The number of nitrogens with one attached hydrogen (secondary N) is 1. The Morgan fingerprint density at radius 1 is 0.793 bits per heavy atom.